The number of nitrogens with two attached hydrogens (primary N) is 1. The van der Waals surface area contributed by atoms with Crippen LogP contribution in [0, 0.1) is 17.2 Å². The third-order valence-corrected chi connectivity index (χ3v) is 4.69. The van der Waals surface area contributed by atoms with Gasteiger partial charge in [-0.25, -0.2) is 5.43 Å². The fraction of sp³-hybridized carbons (Fsp3) is 0.357. The molecule has 0 aromatic heterocycles. The zero-order chi connectivity index (χ0) is 15.1. The number of benzene rings is 1. The Bertz CT molecular complexity index is 635. The maximum absolute atomic E-state index is 9.49. The van der Waals surface area contributed by atoms with Gasteiger partial charge < -0.3 is 10.5 Å². The summed E-state index contributed by atoms with van der Waals surface area (Å²) in [6.45, 7) is 2.01. The minimum absolute atomic E-state index is 0.0376. The average Bonchev–Trinajstić information content (AvgIpc) is 2.79. The second-order valence-corrected chi connectivity index (χ2v) is 6.01. The fourth-order valence-electron chi connectivity index (χ4n) is 3.05. The quantitative estimate of drug-likeness (QED) is 0.738. The van der Waals surface area contributed by atoms with Crippen LogP contribution in [-0.4, -0.2) is 12.3 Å². The second kappa shape index (κ2) is 5.39. The van der Waals surface area contributed by atoms with Gasteiger partial charge in [-0.2, -0.15) is 5.26 Å². The van der Waals surface area contributed by atoms with Gasteiger partial charge in [0.2, 0.25) is 5.88 Å². The minimum Gasteiger partial charge on any atom is -0.458 e. The molecule has 0 bridgehead atoms. The van der Waals surface area contributed by atoms with E-state index >= 15 is 0 Å². The lowest BCUT2D eigenvalue weighted by Crippen LogP contribution is -2.41. The van der Waals surface area contributed by atoms with Gasteiger partial charge in [0.15, 0.2) is 6.23 Å². The van der Waals surface area contributed by atoms with Crippen LogP contribution in [0.25, 0.3) is 0 Å². The standard InChI is InChI=1S/C14H14Cl2N4O/c1-6-10-11(12-8(15)3-2-4-9(12)16)7(5-17)13(18)21-14(10)20-19-6/h2-4,6,10-11,14,19-20H,18H2,1H3. The molecule has 5 nitrogen and oxygen atoms in total. The van der Waals surface area contributed by atoms with Crippen molar-refractivity contribution in [2.75, 3.05) is 0 Å². The molecule has 1 aromatic rings. The van der Waals surface area contributed by atoms with Crippen LogP contribution in [0.5, 0.6) is 0 Å². The van der Waals surface area contributed by atoms with Crippen molar-refractivity contribution >= 4 is 23.2 Å². The summed E-state index contributed by atoms with van der Waals surface area (Å²) in [5.41, 5.74) is 13.1. The molecular weight excluding hydrogens is 311 g/mol. The lowest BCUT2D eigenvalue weighted by Gasteiger charge is -2.35. The van der Waals surface area contributed by atoms with Gasteiger partial charge in [-0.3, -0.25) is 5.43 Å². The third-order valence-electron chi connectivity index (χ3n) is 4.03. The monoisotopic (exact) mass is 324 g/mol. The number of halogens is 2. The minimum atomic E-state index is -0.325. The Kier molecular flexibility index (Phi) is 3.72. The molecule has 2 aliphatic rings. The van der Waals surface area contributed by atoms with Crippen LogP contribution in [0.2, 0.25) is 10.0 Å². The zero-order valence-electron chi connectivity index (χ0n) is 11.2. The van der Waals surface area contributed by atoms with Gasteiger partial charge in [0, 0.05) is 27.9 Å². The molecule has 0 aliphatic carbocycles. The molecule has 0 radical (unpaired) electrons. The van der Waals surface area contributed by atoms with Gasteiger partial charge in [0.25, 0.3) is 0 Å². The molecule has 1 aromatic carbocycles. The predicted molar refractivity (Wildman–Crippen MR) is 80.1 cm³/mol. The fourth-order valence-corrected chi connectivity index (χ4v) is 3.69. The van der Waals surface area contributed by atoms with Crippen LogP contribution in [-0.2, 0) is 4.74 Å². The molecule has 21 heavy (non-hydrogen) atoms. The normalized spacial score (nSPS) is 31.5. The first-order chi connectivity index (χ1) is 10.0. The van der Waals surface area contributed by atoms with E-state index in [0.29, 0.717) is 15.6 Å². The van der Waals surface area contributed by atoms with Gasteiger partial charge in [0.1, 0.15) is 6.07 Å². The molecule has 7 heteroatoms. The number of nitriles is 1. The lowest BCUT2D eigenvalue weighted by molar-refractivity contribution is 0.0351. The first kappa shape index (κ1) is 14.5. The molecule has 2 heterocycles. The predicted octanol–water partition coefficient (Wildman–Crippen LogP) is 2.24. The summed E-state index contributed by atoms with van der Waals surface area (Å²) in [5, 5.41) is 10.5. The molecule has 3 rings (SSSR count). The molecule has 0 spiro atoms. The van der Waals surface area contributed by atoms with E-state index in [1.165, 1.54) is 0 Å². The zero-order valence-corrected chi connectivity index (χ0v) is 12.7. The van der Waals surface area contributed by atoms with E-state index in [1.807, 2.05) is 6.92 Å². The molecule has 1 saturated heterocycles. The van der Waals surface area contributed by atoms with Crippen molar-refractivity contribution in [1.82, 2.24) is 10.9 Å². The topological polar surface area (TPSA) is 83.1 Å². The van der Waals surface area contributed by atoms with E-state index in [4.69, 9.17) is 33.7 Å². The number of ether oxygens (including phenoxy) is 1. The number of nitrogens with zero attached hydrogens (tertiary/aromatic N) is 1. The lowest BCUT2D eigenvalue weighted by atomic mass is 9.76. The van der Waals surface area contributed by atoms with E-state index in [-0.39, 0.29) is 30.0 Å². The molecular formula is C14H14Cl2N4O. The average molecular weight is 325 g/mol. The van der Waals surface area contributed by atoms with Gasteiger partial charge in [-0.1, -0.05) is 29.3 Å². The molecule has 0 saturated carbocycles. The number of hydrogen-bond donors (Lipinski definition) is 3. The Hall–Kier alpha value is -1.45. The van der Waals surface area contributed by atoms with E-state index < -0.39 is 0 Å². The van der Waals surface area contributed by atoms with E-state index in [2.05, 4.69) is 16.9 Å². The summed E-state index contributed by atoms with van der Waals surface area (Å²) in [5.74, 6) is -0.236. The molecule has 110 valence electrons. The summed E-state index contributed by atoms with van der Waals surface area (Å²) < 4.78 is 5.59. The van der Waals surface area contributed by atoms with E-state index in [1.54, 1.807) is 18.2 Å². The highest BCUT2D eigenvalue weighted by atomic mass is 35.5. The number of nitrogens with one attached hydrogen (secondary N) is 2. The van der Waals surface area contributed by atoms with Crippen LogP contribution in [0.15, 0.2) is 29.7 Å². The summed E-state index contributed by atoms with van der Waals surface area (Å²) in [4.78, 5) is 0. The number of hydrogen-bond acceptors (Lipinski definition) is 5. The SMILES string of the molecule is CC1NNC2OC(N)=C(C#N)C(c3c(Cl)cccc3Cl)C12. The first-order valence-electron chi connectivity index (χ1n) is 6.56. The Labute approximate surface area is 132 Å². The van der Waals surface area contributed by atoms with Crippen molar-refractivity contribution < 1.29 is 4.74 Å². The van der Waals surface area contributed by atoms with Crippen LogP contribution in [0.4, 0.5) is 0 Å². The molecule has 1 fully saturated rings. The number of allylic oxidation sites excluding steroid dienone is 1. The van der Waals surface area contributed by atoms with Crippen molar-refractivity contribution in [3.05, 3.63) is 45.3 Å². The highest BCUT2D eigenvalue weighted by Crippen LogP contribution is 2.46. The molecule has 4 unspecified atom stereocenters. The Balaban J connectivity index is 2.20. The van der Waals surface area contributed by atoms with Crippen molar-refractivity contribution in [1.29, 1.82) is 5.26 Å². The van der Waals surface area contributed by atoms with Crippen molar-refractivity contribution in [3.8, 4) is 6.07 Å². The van der Waals surface area contributed by atoms with E-state index in [0.717, 1.165) is 5.56 Å². The largest absolute Gasteiger partial charge is 0.458 e. The Morgan fingerprint density at radius 1 is 1.29 bits per heavy atom. The Morgan fingerprint density at radius 3 is 2.57 bits per heavy atom. The Morgan fingerprint density at radius 2 is 1.95 bits per heavy atom. The number of rotatable bonds is 1. The van der Waals surface area contributed by atoms with Crippen molar-refractivity contribution in [2.24, 2.45) is 11.7 Å². The molecule has 4 atom stereocenters. The van der Waals surface area contributed by atoms with Gasteiger partial charge in [-0.05, 0) is 24.6 Å². The van der Waals surface area contributed by atoms with Crippen LogP contribution in [0.3, 0.4) is 0 Å². The summed E-state index contributed by atoms with van der Waals surface area (Å²) in [6, 6.07) is 7.52. The maximum atomic E-state index is 9.49. The van der Waals surface area contributed by atoms with Crippen LogP contribution in [0.1, 0.15) is 18.4 Å². The second-order valence-electron chi connectivity index (χ2n) is 5.20. The first-order valence-corrected chi connectivity index (χ1v) is 7.31. The highest BCUT2D eigenvalue weighted by Gasteiger charge is 2.48. The van der Waals surface area contributed by atoms with Gasteiger partial charge >= 0.3 is 0 Å². The highest BCUT2D eigenvalue weighted by molar-refractivity contribution is 6.36. The third kappa shape index (κ3) is 2.25. The molecule has 2 aliphatic heterocycles. The summed E-state index contributed by atoms with van der Waals surface area (Å²) in [7, 11) is 0. The molecule has 4 N–H and O–H groups in total. The molecule has 0 amide bonds. The van der Waals surface area contributed by atoms with Gasteiger partial charge in [-0.15, -0.1) is 0 Å². The van der Waals surface area contributed by atoms with Gasteiger partial charge in [0.05, 0.1) is 5.57 Å². The number of fused-ring (bicyclic) bond motifs is 1. The smallest absolute Gasteiger partial charge is 0.200 e. The van der Waals surface area contributed by atoms with Crippen LogP contribution < -0.4 is 16.6 Å². The van der Waals surface area contributed by atoms with E-state index in [9.17, 15) is 5.26 Å². The van der Waals surface area contributed by atoms with Crippen molar-refractivity contribution in [2.45, 2.75) is 25.1 Å². The summed E-state index contributed by atoms with van der Waals surface area (Å²) >= 11 is 12.7. The maximum Gasteiger partial charge on any atom is 0.200 e. The number of hydrazine groups is 1. The summed E-state index contributed by atoms with van der Waals surface area (Å²) in [6.07, 6.45) is -0.325. The van der Waals surface area contributed by atoms with Crippen LogP contribution >= 0.6 is 23.2 Å². The van der Waals surface area contributed by atoms with Crippen molar-refractivity contribution in [3.63, 3.8) is 0 Å².